The fraction of sp³-hybridized carbons (Fsp3) is 0.370. The van der Waals surface area contributed by atoms with Crippen molar-refractivity contribution < 1.29 is 14.0 Å². The lowest BCUT2D eigenvalue weighted by Gasteiger charge is -2.20. The van der Waals surface area contributed by atoms with Crippen molar-refractivity contribution in [3.63, 3.8) is 0 Å². The van der Waals surface area contributed by atoms with E-state index in [0.29, 0.717) is 24.9 Å². The van der Waals surface area contributed by atoms with Crippen LogP contribution in [0.4, 0.5) is 0 Å². The first-order valence-corrected chi connectivity index (χ1v) is 11.9. The van der Waals surface area contributed by atoms with Crippen molar-refractivity contribution in [2.75, 3.05) is 13.6 Å². The van der Waals surface area contributed by atoms with Crippen LogP contribution in [-0.4, -0.2) is 47.4 Å². The Balaban J connectivity index is 1.25. The van der Waals surface area contributed by atoms with Crippen molar-refractivity contribution in [1.29, 1.82) is 0 Å². The van der Waals surface area contributed by atoms with Gasteiger partial charge in [0.15, 0.2) is 6.39 Å². The Morgan fingerprint density at radius 1 is 1.09 bits per heavy atom. The maximum absolute atomic E-state index is 12.9. The van der Waals surface area contributed by atoms with Crippen LogP contribution in [0.1, 0.15) is 53.3 Å². The van der Waals surface area contributed by atoms with E-state index in [1.807, 2.05) is 30.3 Å². The van der Waals surface area contributed by atoms with E-state index >= 15 is 0 Å². The first kappa shape index (κ1) is 23.7. The molecule has 2 N–H and O–H groups in total. The minimum atomic E-state index is -0.635. The lowest BCUT2D eigenvalue weighted by molar-refractivity contribution is -0.123. The van der Waals surface area contributed by atoms with Gasteiger partial charge in [-0.3, -0.25) is 9.59 Å². The van der Waals surface area contributed by atoms with Crippen LogP contribution in [0.15, 0.2) is 77.7 Å². The van der Waals surface area contributed by atoms with Gasteiger partial charge in [0.05, 0.1) is 6.20 Å². The molecule has 3 atom stereocenters. The van der Waals surface area contributed by atoms with E-state index in [1.54, 1.807) is 0 Å². The number of aromatic nitrogens is 1. The number of carbonyl (C=O) groups is 2. The van der Waals surface area contributed by atoms with Crippen LogP contribution in [0.5, 0.6) is 0 Å². The third-order valence-electron chi connectivity index (χ3n) is 6.39. The standard InChI is InChI=1S/C27H32N4O3/c1-31(24-16-22(24)21-12-6-3-7-13-21)15-9-8-14-23(30-27(33)25-18-28-19-34-25)26(32)29-17-20-10-4-2-5-11-20/h2-7,10-13,18-19,22-24H,8-9,14-17H2,1H3,(H,29,32)(H,30,33). The maximum Gasteiger partial charge on any atom is 0.289 e. The zero-order valence-corrected chi connectivity index (χ0v) is 19.5. The van der Waals surface area contributed by atoms with Crippen molar-refractivity contribution in [2.24, 2.45) is 0 Å². The van der Waals surface area contributed by atoms with Crippen molar-refractivity contribution in [3.05, 3.63) is 90.1 Å². The van der Waals surface area contributed by atoms with Gasteiger partial charge in [0.1, 0.15) is 6.04 Å². The van der Waals surface area contributed by atoms with Gasteiger partial charge in [-0.05, 0) is 50.4 Å². The quantitative estimate of drug-likeness (QED) is 0.402. The van der Waals surface area contributed by atoms with Gasteiger partial charge in [0.2, 0.25) is 11.7 Å². The third-order valence-corrected chi connectivity index (χ3v) is 6.39. The number of oxazole rings is 1. The fourth-order valence-electron chi connectivity index (χ4n) is 4.34. The van der Waals surface area contributed by atoms with Gasteiger partial charge in [-0.15, -0.1) is 0 Å². The molecule has 0 bridgehead atoms. The molecule has 0 saturated heterocycles. The second kappa shape index (κ2) is 11.6. The average molecular weight is 461 g/mol. The van der Waals surface area contributed by atoms with Crippen LogP contribution < -0.4 is 10.6 Å². The molecule has 1 heterocycles. The summed E-state index contributed by atoms with van der Waals surface area (Å²) in [6, 6.07) is 20.3. The van der Waals surface area contributed by atoms with E-state index < -0.39 is 11.9 Å². The highest BCUT2D eigenvalue weighted by Crippen LogP contribution is 2.44. The minimum Gasteiger partial charge on any atom is -0.438 e. The molecule has 1 aliphatic rings. The van der Waals surface area contributed by atoms with Crippen LogP contribution >= 0.6 is 0 Å². The Kier molecular flexibility index (Phi) is 8.09. The number of hydrogen-bond acceptors (Lipinski definition) is 5. The summed E-state index contributed by atoms with van der Waals surface area (Å²) in [5, 5.41) is 5.75. The van der Waals surface area contributed by atoms with Crippen molar-refractivity contribution in [3.8, 4) is 0 Å². The van der Waals surface area contributed by atoms with Crippen molar-refractivity contribution in [2.45, 2.75) is 50.2 Å². The SMILES string of the molecule is CN(CCCCC(NC(=O)c1cnco1)C(=O)NCc1ccccc1)C1CC1c1ccccc1. The van der Waals surface area contributed by atoms with E-state index in [4.69, 9.17) is 4.42 Å². The summed E-state index contributed by atoms with van der Waals surface area (Å²) < 4.78 is 5.08. The molecule has 1 aliphatic carbocycles. The number of unbranched alkanes of at least 4 members (excludes halogenated alkanes) is 1. The second-order valence-electron chi connectivity index (χ2n) is 8.89. The zero-order valence-electron chi connectivity index (χ0n) is 19.5. The molecule has 1 aromatic heterocycles. The molecule has 1 saturated carbocycles. The summed E-state index contributed by atoms with van der Waals surface area (Å²) in [6.07, 6.45) is 6.08. The molecule has 3 aromatic rings. The van der Waals surface area contributed by atoms with Gasteiger partial charge in [-0.1, -0.05) is 60.7 Å². The van der Waals surface area contributed by atoms with E-state index in [2.05, 4.69) is 57.9 Å². The Bertz CT molecular complexity index is 1040. The van der Waals surface area contributed by atoms with Crippen LogP contribution in [0.3, 0.4) is 0 Å². The van der Waals surface area contributed by atoms with Gasteiger partial charge in [-0.2, -0.15) is 0 Å². The first-order chi connectivity index (χ1) is 16.6. The van der Waals surface area contributed by atoms with Crippen molar-refractivity contribution >= 4 is 11.8 Å². The molecule has 2 aromatic carbocycles. The summed E-state index contributed by atoms with van der Waals surface area (Å²) in [7, 11) is 2.17. The number of likely N-dealkylation sites (N-methyl/N-ethyl adjacent to an activating group) is 1. The maximum atomic E-state index is 12.9. The summed E-state index contributed by atoms with van der Waals surface area (Å²) in [5.41, 5.74) is 2.42. The van der Waals surface area contributed by atoms with Gasteiger partial charge >= 0.3 is 0 Å². The summed E-state index contributed by atoms with van der Waals surface area (Å²) in [4.78, 5) is 31.6. The van der Waals surface area contributed by atoms with E-state index in [-0.39, 0.29) is 11.7 Å². The molecular weight excluding hydrogens is 428 g/mol. The number of nitrogens with zero attached hydrogens (tertiary/aromatic N) is 2. The second-order valence-corrected chi connectivity index (χ2v) is 8.89. The predicted octanol–water partition coefficient (Wildman–Crippen LogP) is 3.75. The number of hydrogen-bond donors (Lipinski definition) is 2. The number of carbonyl (C=O) groups excluding carboxylic acids is 2. The molecule has 34 heavy (non-hydrogen) atoms. The van der Waals surface area contributed by atoms with Gasteiger partial charge in [0.25, 0.3) is 5.91 Å². The summed E-state index contributed by atoms with van der Waals surface area (Å²) in [6.45, 7) is 1.38. The summed E-state index contributed by atoms with van der Waals surface area (Å²) in [5.74, 6) is 0.0831. The Labute approximate surface area is 200 Å². The van der Waals surface area contributed by atoms with E-state index in [1.165, 1.54) is 24.6 Å². The van der Waals surface area contributed by atoms with Crippen LogP contribution in [0.2, 0.25) is 0 Å². The van der Waals surface area contributed by atoms with Crippen molar-refractivity contribution in [1.82, 2.24) is 20.5 Å². The molecule has 7 heteroatoms. The van der Waals surface area contributed by atoms with Crippen LogP contribution in [0, 0.1) is 0 Å². The largest absolute Gasteiger partial charge is 0.438 e. The Morgan fingerprint density at radius 3 is 2.53 bits per heavy atom. The third kappa shape index (κ3) is 6.54. The number of benzene rings is 2. The average Bonchev–Trinajstić information content (AvgIpc) is 3.49. The highest BCUT2D eigenvalue weighted by atomic mass is 16.3. The fourth-order valence-corrected chi connectivity index (χ4v) is 4.34. The predicted molar refractivity (Wildman–Crippen MR) is 130 cm³/mol. The van der Waals surface area contributed by atoms with Crippen LogP contribution in [-0.2, 0) is 11.3 Å². The monoisotopic (exact) mass is 460 g/mol. The number of amides is 2. The topological polar surface area (TPSA) is 87.5 Å². The number of nitrogens with one attached hydrogen (secondary N) is 2. The van der Waals surface area contributed by atoms with E-state index in [9.17, 15) is 9.59 Å². The number of rotatable bonds is 12. The zero-order chi connectivity index (χ0) is 23.8. The Morgan fingerprint density at radius 2 is 1.82 bits per heavy atom. The van der Waals surface area contributed by atoms with Gasteiger partial charge in [-0.25, -0.2) is 4.98 Å². The minimum absolute atomic E-state index is 0.0984. The smallest absolute Gasteiger partial charge is 0.289 e. The molecule has 2 amide bonds. The Hall–Kier alpha value is -3.45. The molecule has 4 rings (SSSR count). The lowest BCUT2D eigenvalue weighted by Crippen LogP contribution is -2.46. The molecule has 0 spiro atoms. The lowest BCUT2D eigenvalue weighted by atomic mass is 10.1. The van der Waals surface area contributed by atoms with E-state index in [0.717, 1.165) is 24.9 Å². The first-order valence-electron chi connectivity index (χ1n) is 11.9. The highest BCUT2D eigenvalue weighted by Gasteiger charge is 2.40. The molecule has 3 unspecified atom stereocenters. The normalized spacial score (nSPS) is 17.8. The summed E-state index contributed by atoms with van der Waals surface area (Å²) >= 11 is 0. The molecule has 178 valence electrons. The molecule has 7 nitrogen and oxygen atoms in total. The molecule has 0 radical (unpaired) electrons. The van der Waals surface area contributed by atoms with Crippen LogP contribution in [0.25, 0.3) is 0 Å². The van der Waals surface area contributed by atoms with Gasteiger partial charge in [0, 0.05) is 18.5 Å². The molecule has 1 fully saturated rings. The molecular formula is C27H32N4O3. The highest BCUT2D eigenvalue weighted by molar-refractivity contribution is 5.95. The molecule has 0 aliphatic heterocycles. The van der Waals surface area contributed by atoms with Gasteiger partial charge < -0.3 is 20.0 Å².